The van der Waals surface area contributed by atoms with Gasteiger partial charge in [-0.25, -0.2) is 0 Å². The fourth-order valence-electron chi connectivity index (χ4n) is 1.23. The zero-order valence-electron chi connectivity index (χ0n) is 9.67. The highest BCUT2D eigenvalue weighted by Gasteiger charge is 2.00. The Bertz CT molecular complexity index is 384. The number of hydrogen-bond donors (Lipinski definition) is 1. The molecule has 1 heterocycles. The normalized spacial score (nSPS) is 13.4. The molecule has 0 aromatic carbocycles. The molecule has 0 aromatic rings. The minimum Gasteiger partial charge on any atom is -0.375 e. The molecule has 4 heteroatoms. The molecule has 0 radical (unpaired) electrons. The van der Waals surface area contributed by atoms with Gasteiger partial charge in [-0.15, -0.1) is 0 Å². The molecule has 0 bridgehead atoms. The molecule has 0 fully saturated rings. The quantitative estimate of drug-likeness (QED) is 0.540. The highest BCUT2D eigenvalue weighted by atomic mass is 16.5. The summed E-state index contributed by atoms with van der Waals surface area (Å²) in [6.07, 6.45) is 3.50. The molecule has 1 aliphatic heterocycles. The summed E-state index contributed by atoms with van der Waals surface area (Å²) in [5.74, 6) is -0.0833. The number of aliphatic imine (C=N–C) groups is 1. The molecule has 0 aromatic heterocycles. The van der Waals surface area contributed by atoms with Gasteiger partial charge in [-0.05, 0) is 25.5 Å². The summed E-state index contributed by atoms with van der Waals surface area (Å²) in [6.45, 7) is 2.64. The lowest BCUT2D eigenvalue weighted by molar-refractivity contribution is -0.124. The summed E-state index contributed by atoms with van der Waals surface area (Å²) in [5.41, 5.74) is 7.82. The molecule has 0 saturated heterocycles. The Labute approximate surface area is 95.4 Å². The number of amides is 1. The van der Waals surface area contributed by atoms with Crippen molar-refractivity contribution >= 4 is 12.1 Å². The number of rotatable bonds is 6. The fraction of sp³-hybridized carbons (Fsp3) is 0.500. The second-order valence-corrected chi connectivity index (χ2v) is 3.51. The SMILES string of the molecule is COCC(=O)NCCCC1=C=C=C(C)N=C1. The topological polar surface area (TPSA) is 50.7 Å². The predicted octanol–water partition coefficient (Wildman–Crippen LogP) is 1.20. The van der Waals surface area contributed by atoms with Gasteiger partial charge in [0, 0.05) is 25.4 Å². The number of nitrogens with zero attached hydrogens (tertiary/aromatic N) is 1. The van der Waals surface area contributed by atoms with Crippen molar-refractivity contribution in [2.24, 2.45) is 4.99 Å². The first-order chi connectivity index (χ1) is 7.72. The lowest BCUT2D eigenvalue weighted by Crippen LogP contribution is -2.28. The van der Waals surface area contributed by atoms with E-state index >= 15 is 0 Å². The minimum absolute atomic E-state index is 0.0833. The van der Waals surface area contributed by atoms with Crippen LogP contribution in [-0.2, 0) is 9.53 Å². The van der Waals surface area contributed by atoms with Gasteiger partial charge >= 0.3 is 0 Å². The van der Waals surface area contributed by atoms with Crippen molar-refractivity contribution in [3.63, 3.8) is 0 Å². The third-order valence-corrected chi connectivity index (χ3v) is 2.04. The van der Waals surface area contributed by atoms with Crippen LogP contribution in [0.5, 0.6) is 0 Å². The van der Waals surface area contributed by atoms with Crippen LogP contribution < -0.4 is 5.32 Å². The van der Waals surface area contributed by atoms with Crippen LogP contribution in [0.2, 0.25) is 0 Å². The molecule has 0 unspecified atom stereocenters. The highest BCUT2D eigenvalue weighted by Crippen LogP contribution is 2.05. The maximum atomic E-state index is 11.0. The standard InChI is InChI=1S/C12H16N2O2/c1-10-5-6-11(8-14-10)4-3-7-13-12(15)9-16-2/h8H,3-4,7,9H2,1-2H3,(H,13,15). The summed E-state index contributed by atoms with van der Waals surface area (Å²) < 4.78 is 4.70. The second-order valence-electron chi connectivity index (χ2n) is 3.51. The van der Waals surface area contributed by atoms with Gasteiger partial charge in [-0.2, -0.15) is 0 Å². The zero-order valence-corrected chi connectivity index (χ0v) is 9.67. The summed E-state index contributed by atoms with van der Waals surface area (Å²) in [5, 5.41) is 2.76. The molecular weight excluding hydrogens is 204 g/mol. The lowest BCUT2D eigenvalue weighted by Gasteiger charge is -2.04. The Morgan fingerprint density at radius 2 is 2.38 bits per heavy atom. The Morgan fingerprint density at radius 3 is 3.00 bits per heavy atom. The summed E-state index contributed by atoms with van der Waals surface area (Å²) >= 11 is 0. The second kappa shape index (κ2) is 6.81. The maximum absolute atomic E-state index is 11.0. The summed E-state index contributed by atoms with van der Waals surface area (Å²) in [7, 11) is 1.50. The smallest absolute Gasteiger partial charge is 0.245 e. The van der Waals surface area contributed by atoms with E-state index in [1.807, 2.05) is 6.92 Å². The van der Waals surface area contributed by atoms with Gasteiger partial charge in [0.05, 0.1) is 5.70 Å². The van der Waals surface area contributed by atoms with Crippen LogP contribution in [0.3, 0.4) is 0 Å². The van der Waals surface area contributed by atoms with E-state index in [0.717, 1.165) is 24.1 Å². The van der Waals surface area contributed by atoms with Crippen molar-refractivity contribution in [1.29, 1.82) is 0 Å². The number of allylic oxidation sites excluding steroid dienone is 2. The Kier molecular flexibility index (Phi) is 5.30. The largest absolute Gasteiger partial charge is 0.375 e. The van der Waals surface area contributed by atoms with Crippen LogP contribution in [0.25, 0.3) is 0 Å². The molecule has 86 valence electrons. The van der Waals surface area contributed by atoms with Gasteiger partial charge in [-0.3, -0.25) is 9.79 Å². The van der Waals surface area contributed by atoms with E-state index in [1.165, 1.54) is 7.11 Å². The van der Waals surface area contributed by atoms with Crippen LogP contribution in [0.4, 0.5) is 0 Å². The molecule has 0 saturated carbocycles. The van der Waals surface area contributed by atoms with Crippen molar-refractivity contribution in [1.82, 2.24) is 5.32 Å². The molecule has 1 aliphatic rings. The van der Waals surface area contributed by atoms with E-state index in [9.17, 15) is 4.79 Å². The van der Waals surface area contributed by atoms with Crippen LogP contribution in [0, 0.1) is 0 Å². The third kappa shape index (κ3) is 4.76. The van der Waals surface area contributed by atoms with Crippen LogP contribution >= 0.6 is 0 Å². The first-order valence-corrected chi connectivity index (χ1v) is 5.23. The summed E-state index contributed by atoms with van der Waals surface area (Å²) in [4.78, 5) is 15.2. The van der Waals surface area contributed by atoms with E-state index in [-0.39, 0.29) is 12.5 Å². The molecule has 0 atom stereocenters. The lowest BCUT2D eigenvalue weighted by atomic mass is 10.1. The minimum atomic E-state index is -0.0833. The average Bonchev–Trinajstić information content (AvgIpc) is 2.27. The average molecular weight is 220 g/mol. The number of methoxy groups -OCH3 is 1. The van der Waals surface area contributed by atoms with Crippen LogP contribution in [-0.4, -0.2) is 32.4 Å². The summed E-state index contributed by atoms with van der Waals surface area (Å²) in [6, 6.07) is 0. The van der Waals surface area contributed by atoms with Gasteiger partial charge in [0.25, 0.3) is 0 Å². The first kappa shape index (κ1) is 12.5. The van der Waals surface area contributed by atoms with Crippen molar-refractivity contribution in [2.45, 2.75) is 19.8 Å². The fourth-order valence-corrected chi connectivity index (χ4v) is 1.23. The van der Waals surface area contributed by atoms with Gasteiger partial charge < -0.3 is 10.1 Å². The van der Waals surface area contributed by atoms with Crippen LogP contribution in [0.15, 0.2) is 27.7 Å². The molecule has 0 aliphatic carbocycles. The van der Waals surface area contributed by atoms with E-state index < -0.39 is 0 Å². The first-order valence-electron chi connectivity index (χ1n) is 5.23. The Balaban J connectivity index is 2.20. The number of ether oxygens (including phenoxy) is 1. The van der Waals surface area contributed by atoms with Gasteiger partial charge in [-0.1, -0.05) is 5.73 Å². The molecule has 1 N–H and O–H groups in total. The molecule has 1 amide bonds. The molecular formula is C12H16N2O2. The van der Waals surface area contributed by atoms with Crippen molar-refractivity contribution in [2.75, 3.05) is 20.3 Å². The predicted molar refractivity (Wildman–Crippen MR) is 62.3 cm³/mol. The van der Waals surface area contributed by atoms with Crippen molar-refractivity contribution < 1.29 is 9.53 Å². The van der Waals surface area contributed by atoms with Crippen molar-refractivity contribution in [3.8, 4) is 0 Å². The molecule has 4 nitrogen and oxygen atoms in total. The number of carbonyl (C=O) groups excluding carboxylic acids is 1. The van der Waals surface area contributed by atoms with Crippen molar-refractivity contribution in [3.05, 3.63) is 22.7 Å². The van der Waals surface area contributed by atoms with Gasteiger partial charge in [0.2, 0.25) is 5.91 Å². The number of carbonyl (C=O) groups is 1. The van der Waals surface area contributed by atoms with Crippen LogP contribution in [0.1, 0.15) is 19.8 Å². The van der Waals surface area contributed by atoms with Gasteiger partial charge in [0.15, 0.2) is 0 Å². The zero-order chi connectivity index (χ0) is 11.8. The molecule has 0 spiro atoms. The van der Waals surface area contributed by atoms with E-state index in [0.29, 0.717) is 6.54 Å². The number of hydrogen-bond acceptors (Lipinski definition) is 3. The Hall–Kier alpha value is -1.60. The Morgan fingerprint density at radius 1 is 1.56 bits per heavy atom. The highest BCUT2D eigenvalue weighted by molar-refractivity contribution is 5.80. The molecule has 1 rings (SSSR count). The number of nitrogens with one attached hydrogen (secondary N) is 1. The molecule has 16 heavy (non-hydrogen) atoms. The van der Waals surface area contributed by atoms with Gasteiger partial charge in [0.1, 0.15) is 6.61 Å². The monoisotopic (exact) mass is 220 g/mol. The van der Waals surface area contributed by atoms with E-state index in [1.54, 1.807) is 6.21 Å². The third-order valence-electron chi connectivity index (χ3n) is 2.04. The van der Waals surface area contributed by atoms with E-state index in [2.05, 4.69) is 21.8 Å². The maximum Gasteiger partial charge on any atom is 0.245 e. The van der Waals surface area contributed by atoms with E-state index in [4.69, 9.17) is 4.74 Å².